The molecule has 1 N–H and O–H groups in total. The van der Waals surface area contributed by atoms with Gasteiger partial charge in [0.1, 0.15) is 22.3 Å². The number of thioether (sulfide) groups is 1. The molecule has 0 fully saturated rings. The van der Waals surface area contributed by atoms with Crippen LogP contribution in [0.4, 0.5) is 13.2 Å². The van der Waals surface area contributed by atoms with E-state index in [1.54, 1.807) is 51.2 Å². The number of aliphatic carboxylic acids is 1. The molecule has 1 aromatic heterocycles. The third kappa shape index (κ3) is 7.47. The number of hydrogen-bond acceptors (Lipinski definition) is 7. The van der Waals surface area contributed by atoms with E-state index in [1.165, 1.54) is 28.9 Å². The van der Waals surface area contributed by atoms with Gasteiger partial charge in [0.05, 0.1) is 18.3 Å². The number of carbonyl (C=O) groups excluding carboxylic acids is 1. The van der Waals surface area contributed by atoms with E-state index in [-0.39, 0.29) is 12.3 Å². The lowest BCUT2D eigenvalue weighted by atomic mass is 10.2. The van der Waals surface area contributed by atoms with Crippen molar-refractivity contribution >= 4 is 23.7 Å². The van der Waals surface area contributed by atoms with E-state index in [0.717, 1.165) is 11.8 Å². The Morgan fingerprint density at radius 2 is 1.71 bits per heavy atom. The van der Waals surface area contributed by atoms with E-state index in [1.807, 2.05) is 0 Å². The molecule has 35 heavy (non-hydrogen) atoms. The van der Waals surface area contributed by atoms with Gasteiger partial charge in [-0.2, -0.15) is 0 Å². The highest BCUT2D eigenvalue weighted by Crippen LogP contribution is 2.33. The molecule has 0 spiro atoms. The van der Waals surface area contributed by atoms with Crippen LogP contribution in [0, 0.1) is 0 Å². The number of hydrogen-bond donors (Lipinski definition) is 1. The fourth-order valence-corrected chi connectivity index (χ4v) is 3.80. The molecule has 0 unspecified atom stereocenters. The fourth-order valence-electron chi connectivity index (χ4n) is 2.85. The normalized spacial score (nSPS) is 12.7. The van der Waals surface area contributed by atoms with Crippen molar-refractivity contribution in [3.8, 4) is 5.75 Å². The standard InChI is InChI=1S/C23H22F3N3O5S/c1-14(33-20(30)16-6-10-18(11-7-16)35-22(2,3)21(31)32)19-13-29(28-27-19)12-15-4-8-17(9-5-15)34-23(24,25)26/h4-11,13-14H,12H2,1-3H3,(H,31,32)/t14-/m1/s1. The van der Waals surface area contributed by atoms with Gasteiger partial charge in [0.2, 0.25) is 0 Å². The first-order chi connectivity index (χ1) is 16.3. The van der Waals surface area contributed by atoms with Gasteiger partial charge in [0.25, 0.3) is 0 Å². The molecule has 0 saturated carbocycles. The Labute approximate surface area is 203 Å². The smallest absolute Gasteiger partial charge is 0.480 e. The highest BCUT2D eigenvalue weighted by molar-refractivity contribution is 8.01. The number of aromatic nitrogens is 3. The Morgan fingerprint density at radius 3 is 2.29 bits per heavy atom. The predicted molar refractivity (Wildman–Crippen MR) is 120 cm³/mol. The van der Waals surface area contributed by atoms with E-state index in [0.29, 0.717) is 21.7 Å². The van der Waals surface area contributed by atoms with Gasteiger partial charge in [-0.05, 0) is 62.7 Å². The van der Waals surface area contributed by atoms with Crippen molar-refractivity contribution in [2.45, 2.75) is 49.4 Å². The Hall–Kier alpha value is -3.54. The van der Waals surface area contributed by atoms with Crippen LogP contribution in [0.25, 0.3) is 0 Å². The number of benzene rings is 2. The average molecular weight is 510 g/mol. The zero-order valence-electron chi connectivity index (χ0n) is 18.9. The van der Waals surface area contributed by atoms with Crippen molar-refractivity contribution in [2.75, 3.05) is 0 Å². The molecule has 2 aromatic carbocycles. The lowest BCUT2D eigenvalue weighted by molar-refractivity contribution is -0.274. The van der Waals surface area contributed by atoms with Gasteiger partial charge < -0.3 is 14.6 Å². The summed E-state index contributed by atoms with van der Waals surface area (Å²) in [4.78, 5) is 24.5. The molecule has 0 aliphatic heterocycles. The topological polar surface area (TPSA) is 104 Å². The predicted octanol–water partition coefficient (Wildman–Crippen LogP) is 5.10. The number of rotatable bonds is 9. The number of nitrogens with zero attached hydrogens (tertiary/aromatic N) is 3. The highest BCUT2D eigenvalue weighted by atomic mass is 32.2. The van der Waals surface area contributed by atoms with Gasteiger partial charge in [0.15, 0.2) is 0 Å². The summed E-state index contributed by atoms with van der Waals surface area (Å²) >= 11 is 1.16. The maximum absolute atomic E-state index is 12.5. The van der Waals surface area contributed by atoms with Crippen molar-refractivity contribution in [1.29, 1.82) is 0 Å². The van der Waals surface area contributed by atoms with Crippen molar-refractivity contribution in [3.63, 3.8) is 0 Å². The molecule has 3 rings (SSSR count). The summed E-state index contributed by atoms with van der Waals surface area (Å²) in [6.45, 7) is 5.06. The number of carboxylic acid groups (broad SMARTS) is 1. The maximum atomic E-state index is 12.5. The third-order valence-electron chi connectivity index (χ3n) is 4.74. The zero-order valence-corrected chi connectivity index (χ0v) is 19.8. The van der Waals surface area contributed by atoms with Crippen molar-refractivity contribution in [2.24, 2.45) is 0 Å². The summed E-state index contributed by atoms with van der Waals surface area (Å²) in [6, 6.07) is 11.8. The lowest BCUT2D eigenvalue weighted by Crippen LogP contribution is -2.26. The van der Waals surface area contributed by atoms with Crippen LogP contribution in [0.3, 0.4) is 0 Å². The maximum Gasteiger partial charge on any atom is 0.573 e. The fraction of sp³-hybridized carbons (Fsp3) is 0.304. The number of esters is 1. The second kappa shape index (κ2) is 10.4. The molecular weight excluding hydrogens is 487 g/mol. The Morgan fingerprint density at radius 1 is 1.09 bits per heavy atom. The van der Waals surface area contributed by atoms with Crippen LogP contribution in [-0.4, -0.2) is 43.1 Å². The number of carbonyl (C=O) groups is 2. The van der Waals surface area contributed by atoms with E-state index < -0.39 is 29.2 Å². The molecule has 0 aliphatic carbocycles. The highest BCUT2D eigenvalue weighted by Gasteiger charge is 2.31. The van der Waals surface area contributed by atoms with Crippen LogP contribution < -0.4 is 4.74 Å². The summed E-state index contributed by atoms with van der Waals surface area (Å²) < 4.78 is 46.6. The molecule has 3 aromatic rings. The summed E-state index contributed by atoms with van der Waals surface area (Å²) in [6.07, 6.45) is -3.89. The quantitative estimate of drug-likeness (QED) is 0.314. The molecule has 1 atom stereocenters. The van der Waals surface area contributed by atoms with Crippen LogP contribution in [0.2, 0.25) is 0 Å². The van der Waals surface area contributed by atoms with E-state index >= 15 is 0 Å². The Kier molecular flexibility index (Phi) is 7.73. The molecule has 186 valence electrons. The van der Waals surface area contributed by atoms with Crippen molar-refractivity contribution < 1.29 is 37.3 Å². The van der Waals surface area contributed by atoms with E-state index in [2.05, 4.69) is 15.0 Å². The monoisotopic (exact) mass is 509 g/mol. The molecule has 0 amide bonds. The molecular formula is C23H22F3N3O5S. The summed E-state index contributed by atoms with van der Waals surface area (Å²) in [5, 5.41) is 17.2. The molecule has 0 bridgehead atoms. The number of alkyl halides is 3. The van der Waals surface area contributed by atoms with E-state index in [4.69, 9.17) is 4.74 Å². The Bertz CT molecular complexity index is 1180. The van der Waals surface area contributed by atoms with Gasteiger partial charge in [-0.1, -0.05) is 17.3 Å². The van der Waals surface area contributed by atoms with Gasteiger partial charge in [0, 0.05) is 4.90 Å². The SMILES string of the molecule is C[C@@H](OC(=O)c1ccc(SC(C)(C)C(=O)O)cc1)c1cn(Cc2ccc(OC(F)(F)F)cc2)nn1. The van der Waals surface area contributed by atoms with Crippen LogP contribution in [-0.2, 0) is 16.1 Å². The van der Waals surface area contributed by atoms with E-state index in [9.17, 15) is 27.9 Å². The Balaban J connectivity index is 1.57. The molecule has 0 aliphatic rings. The molecule has 0 saturated heterocycles. The first-order valence-corrected chi connectivity index (χ1v) is 11.1. The van der Waals surface area contributed by atoms with Gasteiger partial charge in [-0.3, -0.25) is 4.79 Å². The zero-order chi connectivity index (χ0) is 25.8. The van der Waals surface area contributed by atoms with Gasteiger partial charge >= 0.3 is 18.3 Å². The van der Waals surface area contributed by atoms with Crippen LogP contribution in [0.5, 0.6) is 5.75 Å². The minimum absolute atomic E-state index is 0.242. The van der Waals surface area contributed by atoms with Crippen molar-refractivity contribution in [1.82, 2.24) is 15.0 Å². The summed E-state index contributed by atoms with van der Waals surface area (Å²) in [5.41, 5.74) is 1.36. The van der Waals surface area contributed by atoms with Crippen LogP contribution in [0.1, 0.15) is 48.5 Å². The third-order valence-corrected chi connectivity index (χ3v) is 5.93. The minimum atomic E-state index is -4.76. The van der Waals surface area contributed by atoms with Crippen LogP contribution in [0.15, 0.2) is 59.6 Å². The summed E-state index contributed by atoms with van der Waals surface area (Å²) in [5.74, 6) is -1.85. The molecule has 8 nitrogen and oxygen atoms in total. The van der Waals surface area contributed by atoms with Gasteiger partial charge in [-0.15, -0.1) is 30.0 Å². The number of carboxylic acids is 1. The number of halogens is 3. The van der Waals surface area contributed by atoms with Gasteiger partial charge in [-0.25, -0.2) is 9.48 Å². The first kappa shape index (κ1) is 26.1. The molecule has 12 heteroatoms. The molecule has 0 radical (unpaired) electrons. The molecule has 1 heterocycles. The minimum Gasteiger partial charge on any atom is -0.480 e. The largest absolute Gasteiger partial charge is 0.573 e. The summed E-state index contributed by atoms with van der Waals surface area (Å²) in [7, 11) is 0. The number of ether oxygens (including phenoxy) is 2. The van der Waals surface area contributed by atoms with Crippen molar-refractivity contribution in [3.05, 3.63) is 71.5 Å². The lowest BCUT2D eigenvalue weighted by Gasteiger charge is -2.18. The first-order valence-electron chi connectivity index (χ1n) is 10.3. The second-order valence-corrected chi connectivity index (χ2v) is 9.72. The van der Waals surface area contributed by atoms with Crippen LogP contribution >= 0.6 is 11.8 Å². The second-order valence-electron chi connectivity index (χ2n) is 8.02. The average Bonchev–Trinajstić information content (AvgIpc) is 3.23.